The Morgan fingerprint density at radius 2 is 1.50 bits per heavy atom. The number of hydrogen-bond donors (Lipinski definition) is 1. The quantitative estimate of drug-likeness (QED) is 0.472. The first-order chi connectivity index (χ1) is 10.2. The van der Waals surface area contributed by atoms with Crippen molar-refractivity contribution in [3.05, 3.63) is 29.8 Å². The minimum atomic E-state index is -4.09. The highest BCUT2D eigenvalue weighted by Crippen LogP contribution is 2.29. The van der Waals surface area contributed by atoms with E-state index in [9.17, 15) is 8.42 Å². The van der Waals surface area contributed by atoms with Gasteiger partial charge in [-0.2, -0.15) is 8.42 Å². The van der Waals surface area contributed by atoms with Crippen LogP contribution in [0.15, 0.2) is 29.2 Å². The van der Waals surface area contributed by atoms with E-state index < -0.39 is 10.1 Å². The zero-order valence-corrected chi connectivity index (χ0v) is 15.0. The third-order valence-electron chi connectivity index (χ3n) is 4.11. The van der Waals surface area contributed by atoms with E-state index in [2.05, 4.69) is 20.8 Å². The van der Waals surface area contributed by atoms with Gasteiger partial charge in [-0.15, -0.1) is 0 Å². The number of hydrogen-bond acceptors (Lipinski definition) is 2. The predicted molar refractivity (Wildman–Crippen MR) is 91.7 cm³/mol. The molecule has 0 saturated carbocycles. The monoisotopic (exact) mass is 326 g/mol. The molecule has 4 heteroatoms. The van der Waals surface area contributed by atoms with Gasteiger partial charge in [-0.05, 0) is 36.0 Å². The Hall–Kier alpha value is -0.870. The molecule has 0 aromatic heterocycles. The second kappa shape index (κ2) is 8.68. The van der Waals surface area contributed by atoms with E-state index in [0.29, 0.717) is 0 Å². The molecule has 3 nitrogen and oxygen atoms in total. The van der Waals surface area contributed by atoms with E-state index in [0.717, 1.165) is 12.0 Å². The Morgan fingerprint density at radius 1 is 0.955 bits per heavy atom. The largest absolute Gasteiger partial charge is 0.294 e. The third-order valence-corrected chi connectivity index (χ3v) is 4.98. The molecule has 0 atom stereocenters. The fourth-order valence-electron chi connectivity index (χ4n) is 2.80. The summed E-state index contributed by atoms with van der Waals surface area (Å²) in [5.41, 5.74) is 1.33. The van der Waals surface area contributed by atoms with E-state index in [1.807, 2.05) is 0 Å². The zero-order chi connectivity index (χ0) is 16.6. The minimum absolute atomic E-state index is 0.0371. The summed E-state index contributed by atoms with van der Waals surface area (Å²) in [5.74, 6) is 0. The van der Waals surface area contributed by atoms with E-state index in [-0.39, 0.29) is 10.3 Å². The molecular formula is C18H30O3S. The Kier molecular flexibility index (Phi) is 7.57. The molecule has 1 aromatic carbocycles. The molecule has 0 aliphatic rings. The van der Waals surface area contributed by atoms with Crippen molar-refractivity contribution in [3.63, 3.8) is 0 Å². The average molecular weight is 327 g/mol. The standard InChI is InChI=1S/C18H30O3S/c1-4-5-6-7-8-9-14-18(2,3)15-16-10-12-17(13-11-16)22(19,20)21/h10-13H,4-9,14-15H2,1-3H3,(H,19,20,21). The van der Waals surface area contributed by atoms with Crippen LogP contribution in [-0.2, 0) is 16.5 Å². The van der Waals surface area contributed by atoms with Crippen LogP contribution in [0, 0.1) is 5.41 Å². The van der Waals surface area contributed by atoms with Crippen LogP contribution in [0.3, 0.4) is 0 Å². The highest BCUT2D eigenvalue weighted by Gasteiger charge is 2.18. The van der Waals surface area contributed by atoms with Crippen LogP contribution < -0.4 is 0 Å². The Labute approximate surface area is 135 Å². The highest BCUT2D eigenvalue weighted by molar-refractivity contribution is 7.85. The van der Waals surface area contributed by atoms with E-state index in [1.165, 1.54) is 57.1 Å². The maximum Gasteiger partial charge on any atom is 0.294 e. The summed E-state index contributed by atoms with van der Waals surface area (Å²) in [7, 11) is -4.09. The van der Waals surface area contributed by atoms with Gasteiger partial charge in [0.1, 0.15) is 0 Å². The molecule has 1 aromatic rings. The lowest BCUT2D eigenvalue weighted by molar-refractivity contribution is 0.316. The van der Waals surface area contributed by atoms with Gasteiger partial charge in [-0.3, -0.25) is 4.55 Å². The topological polar surface area (TPSA) is 54.4 Å². The first-order valence-electron chi connectivity index (χ1n) is 8.31. The first-order valence-corrected chi connectivity index (χ1v) is 9.75. The van der Waals surface area contributed by atoms with E-state index >= 15 is 0 Å². The van der Waals surface area contributed by atoms with Gasteiger partial charge in [0.15, 0.2) is 0 Å². The fourth-order valence-corrected chi connectivity index (χ4v) is 3.28. The fraction of sp³-hybridized carbons (Fsp3) is 0.667. The SMILES string of the molecule is CCCCCCCCC(C)(C)Cc1ccc(S(=O)(=O)O)cc1. The lowest BCUT2D eigenvalue weighted by atomic mass is 9.81. The second-order valence-electron chi connectivity index (χ2n) is 6.98. The van der Waals surface area contributed by atoms with Gasteiger partial charge >= 0.3 is 0 Å². The molecule has 0 amide bonds. The van der Waals surface area contributed by atoms with Gasteiger partial charge < -0.3 is 0 Å². The first kappa shape index (κ1) is 19.2. The Bertz CT molecular complexity index is 530. The summed E-state index contributed by atoms with van der Waals surface area (Å²) in [6, 6.07) is 6.55. The average Bonchev–Trinajstić information content (AvgIpc) is 2.42. The molecule has 0 radical (unpaired) electrons. The van der Waals surface area contributed by atoms with E-state index in [1.54, 1.807) is 12.1 Å². The van der Waals surface area contributed by atoms with Crippen molar-refractivity contribution >= 4 is 10.1 Å². The summed E-state index contributed by atoms with van der Waals surface area (Å²) in [6.07, 6.45) is 9.94. The molecule has 0 unspecified atom stereocenters. The van der Waals surface area contributed by atoms with Gasteiger partial charge in [0.05, 0.1) is 4.90 Å². The van der Waals surface area contributed by atoms with Gasteiger partial charge in [-0.1, -0.05) is 71.4 Å². The molecule has 0 bridgehead atoms. The molecule has 1 rings (SSSR count). The molecular weight excluding hydrogens is 296 g/mol. The number of rotatable bonds is 10. The van der Waals surface area contributed by atoms with Crippen molar-refractivity contribution < 1.29 is 13.0 Å². The predicted octanol–water partition coefficient (Wildman–Crippen LogP) is 5.25. The molecule has 0 aliphatic carbocycles. The van der Waals surface area contributed by atoms with Crippen molar-refractivity contribution in [2.24, 2.45) is 5.41 Å². The summed E-state index contributed by atoms with van der Waals surface area (Å²) >= 11 is 0. The van der Waals surface area contributed by atoms with Crippen LogP contribution in [0.5, 0.6) is 0 Å². The van der Waals surface area contributed by atoms with Crippen molar-refractivity contribution in [1.29, 1.82) is 0 Å². The van der Waals surface area contributed by atoms with Gasteiger partial charge in [0.2, 0.25) is 0 Å². The van der Waals surface area contributed by atoms with Crippen LogP contribution in [-0.4, -0.2) is 13.0 Å². The lowest BCUT2D eigenvalue weighted by Gasteiger charge is -2.25. The molecule has 0 heterocycles. The molecule has 0 fully saturated rings. The molecule has 22 heavy (non-hydrogen) atoms. The Balaban J connectivity index is 2.43. The van der Waals surface area contributed by atoms with Gasteiger partial charge in [0, 0.05) is 0 Å². The minimum Gasteiger partial charge on any atom is -0.282 e. The van der Waals surface area contributed by atoms with Crippen molar-refractivity contribution in [2.45, 2.75) is 77.0 Å². The molecule has 0 spiro atoms. The van der Waals surface area contributed by atoms with Crippen LogP contribution in [0.25, 0.3) is 0 Å². The zero-order valence-electron chi connectivity index (χ0n) is 14.1. The number of unbranched alkanes of at least 4 members (excludes halogenated alkanes) is 5. The number of benzene rings is 1. The third kappa shape index (κ3) is 7.41. The second-order valence-corrected chi connectivity index (χ2v) is 8.40. The molecule has 1 N–H and O–H groups in total. The van der Waals surface area contributed by atoms with Crippen LogP contribution in [0.4, 0.5) is 0 Å². The van der Waals surface area contributed by atoms with Crippen LogP contribution in [0.1, 0.15) is 71.3 Å². The lowest BCUT2D eigenvalue weighted by Crippen LogP contribution is -2.15. The van der Waals surface area contributed by atoms with Gasteiger partial charge in [0.25, 0.3) is 10.1 Å². The van der Waals surface area contributed by atoms with Crippen molar-refractivity contribution in [2.75, 3.05) is 0 Å². The van der Waals surface area contributed by atoms with Crippen LogP contribution >= 0.6 is 0 Å². The molecule has 126 valence electrons. The maximum atomic E-state index is 11.0. The van der Waals surface area contributed by atoms with Gasteiger partial charge in [-0.25, -0.2) is 0 Å². The summed E-state index contributed by atoms with van der Waals surface area (Å²) in [4.78, 5) is -0.0371. The summed E-state index contributed by atoms with van der Waals surface area (Å²) < 4.78 is 31.1. The summed E-state index contributed by atoms with van der Waals surface area (Å²) in [5, 5.41) is 0. The normalized spacial score (nSPS) is 12.5. The van der Waals surface area contributed by atoms with E-state index in [4.69, 9.17) is 4.55 Å². The van der Waals surface area contributed by atoms with Crippen molar-refractivity contribution in [3.8, 4) is 0 Å². The van der Waals surface area contributed by atoms with Crippen molar-refractivity contribution in [1.82, 2.24) is 0 Å². The summed E-state index contributed by atoms with van der Waals surface area (Å²) in [6.45, 7) is 6.75. The smallest absolute Gasteiger partial charge is 0.282 e. The Morgan fingerprint density at radius 3 is 2.05 bits per heavy atom. The van der Waals surface area contributed by atoms with Crippen LogP contribution in [0.2, 0.25) is 0 Å². The maximum absolute atomic E-state index is 11.0. The highest BCUT2D eigenvalue weighted by atomic mass is 32.2. The molecule has 0 aliphatic heterocycles. The molecule has 0 saturated heterocycles.